The first kappa shape index (κ1) is 22.1. The van der Waals surface area contributed by atoms with Crippen LogP contribution in [0.25, 0.3) is 28.0 Å². The number of ether oxygens (including phenoxy) is 1. The van der Waals surface area contributed by atoms with Gasteiger partial charge >= 0.3 is 0 Å². The van der Waals surface area contributed by atoms with Gasteiger partial charge < -0.3 is 14.1 Å². The molecule has 1 aliphatic rings. The van der Waals surface area contributed by atoms with E-state index in [4.69, 9.17) is 14.3 Å². The first-order valence-corrected chi connectivity index (χ1v) is 12.1. The quantitative estimate of drug-likeness (QED) is 0.324. The third-order valence-electron chi connectivity index (χ3n) is 6.77. The first-order valence-electron chi connectivity index (χ1n) is 12.1. The van der Waals surface area contributed by atoms with Crippen LogP contribution in [0, 0.1) is 0 Å². The summed E-state index contributed by atoms with van der Waals surface area (Å²) in [6.45, 7) is 1.28. The molecule has 0 atom stereocenters. The van der Waals surface area contributed by atoms with Crippen LogP contribution in [0.3, 0.4) is 0 Å². The van der Waals surface area contributed by atoms with Crippen molar-refractivity contribution in [3.63, 3.8) is 0 Å². The van der Waals surface area contributed by atoms with Gasteiger partial charge in [0.2, 0.25) is 0 Å². The van der Waals surface area contributed by atoms with E-state index >= 15 is 0 Å². The average molecular weight is 479 g/mol. The van der Waals surface area contributed by atoms with Gasteiger partial charge in [-0.05, 0) is 61.4 Å². The largest absolute Gasteiger partial charge is 0.497 e. The Morgan fingerprint density at radius 1 is 0.944 bits per heavy atom. The second-order valence-corrected chi connectivity index (χ2v) is 8.99. The first-order chi connectivity index (χ1) is 17.7. The van der Waals surface area contributed by atoms with Gasteiger partial charge in [0.15, 0.2) is 11.5 Å². The van der Waals surface area contributed by atoms with Crippen molar-refractivity contribution in [2.45, 2.75) is 18.8 Å². The fourth-order valence-electron chi connectivity index (χ4n) is 4.77. The summed E-state index contributed by atoms with van der Waals surface area (Å²) in [5.74, 6) is 1.71. The van der Waals surface area contributed by atoms with Gasteiger partial charge in [0, 0.05) is 30.8 Å². The Balaban J connectivity index is 1.26. The number of hydrogen-bond donors (Lipinski definition) is 0. The molecule has 0 unspecified atom stereocenters. The number of oxazole rings is 1. The number of hydrogen-bond acceptors (Lipinski definition) is 5. The summed E-state index contributed by atoms with van der Waals surface area (Å²) in [5, 5.41) is 4.81. The highest BCUT2D eigenvalue weighted by atomic mass is 16.5. The summed E-state index contributed by atoms with van der Waals surface area (Å²) in [7, 11) is 1.64. The normalized spacial score (nSPS) is 14.3. The third kappa shape index (κ3) is 4.13. The van der Waals surface area contributed by atoms with E-state index in [0.717, 1.165) is 46.8 Å². The fraction of sp³-hybridized carbons (Fsp3) is 0.207. The molecule has 180 valence electrons. The average Bonchev–Trinajstić information content (AvgIpc) is 3.59. The minimum absolute atomic E-state index is 0.0148. The lowest BCUT2D eigenvalue weighted by Crippen LogP contribution is -2.38. The van der Waals surface area contributed by atoms with Gasteiger partial charge in [-0.1, -0.05) is 30.3 Å². The van der Waals surface area contributed by atoms with E-state index in [1.165, 1.54) is 0 Å². The maximum atomic E-state index is 13.8. The summed E-state index contributed by atoms with van der Waals surface area (Å²) >= 11 is 0. The zero-order valence-corrected chi connectivity index (χ0v) is 20.0. The molecule has 7 nitrogen and oxygen atoms in total. The molecule has 36 heavy (non-hydrogen) atoms. The number of carbonyl (C=O) groups is 1. The number of methoxy groups -OCH3 is 1. The second-order valence-electron chi connectivity index (χ2n) is 8.99. The van der Waals surface area contributed by atoms with Crippen LogP contribution in [-0.4, -0.2) is 45.8 Å². The molecule has 0 aliphatic carbocycles. The van der Waals surface area contributed by atoms with Gasteiger partial charge in [0.05, 0.1) is 18.4 Å². The summed E-state index contributed by atoms with van der Waals surface area (Å²) in [5.41, 5.74) is 4.71. The molecule has 1 fully saturated rings. The number of carbonyl (C=O) groups excluding carboxylic acids is 1. The number of piperidine rings is 1. The van der Waals surface area contributed by atoms with Gasteiger partial charge in [-0.2, -0.15) is 5.10 Å². The van der Waals surface area contributed by atoms with Crippen molar-refractivity contribution < 1.29 is 13.9 Å². The van der Waals surface area contributed by atoms with Crippen molar-refractivity contribution >= 4 is 17.0 Å². The Morgan fingerprint density at radius 2 is 1.67 bits per heavy atom. The highest BCUT2D eigenvalue weighted by Gasteiger charge is 2.30. The molecular weight excluding hydrogens is 452 g/mol. The second kappa shape index (κ2) is 9.34. The van der Waals surface area contributed by atoms with E-state index in [-0.39, 0.29) is 11.8 Å². The van der Waals surface area contributed by atoms with Gasteiger partial charge in [-0.25, -0.2) is 9.67 Å². The molecule has 0 spiro atoms. The Labute approximate surface area is 208 Å². The van der Waals surface area contributed by atoms with Crippen molar-refractivity contribution in [2.24, 2.45) is 0 Å². The lowest BCUT2D eigenvalue weighted by molar-refractivity contribution is 0.0707. The Kier molecular flexibility index (Phi) is 5.73. The summed E-state index contributed by atoms with van der Waals surface area (Å²) < 4.78 is 13.1. The summed E-state index contributed by atoms with van der Waals surface area (Å²) in [4.78, 5) is 20.3. The van der Waals surface area contributed by atoms with E-state index in [2.05, 4.69) is 4.98 Å². The van der Waals surface area contributed by atoms with E-state index in [9.17, 15) is 4.79 Å². The summed E-state index contributed by atoms with van der Waals surface area (Å²) in [6, 6.07) is 25.3. The molecule has 2 aromatic heterocycles. The van der Waals surface area contributed by atoms with E-state index in [1.807, 2.05) is 90.0 Å². The molecule has 1 saturated heterocycles. The lowest BCUT2D eigenvalue weighted by atomic mass is 9.96. The zero-order valence-electron chi connectivity index (χ0n) is 20.0. The number of para-hydroxylation sites is 3. The van der Waals surface area contributed by atoms with Gasteiger partial charge in [-0.3, -0.25) is 4.79 Å². The number of aromatic nitrogens is 3. The smallest absolute Gasteiger partial charge is 0.257 e. The van der Waals surface area contributed by atoms with Crippen molar-refractivity contribution in [1.29, 1.82) is 0 Å². The molecule has 1 aliphatic heterocycles. The number of fused-ring (bicyclic) bond motifs is 1. The molecule has 5 aromatic rings. The van der Waals surface area contributed by atoms with Gasteiger partial charge in [0.1, 0.15) is 17.0 Å². The van der Waals surface area contributed by atoms with Crippen molar-refractivity contribution in [2.75, 3.05) is 20.2 Å². The number of rotatable bonds is 5. The van der Waals surface area contributed by atoms with Crippen LogP contribution >= 0.6 is 0 Å². The van der Waals surface area contributed by atoms with Crippen LogP contribution in [0.1, 0.15) is 35.0 Å². The maximum Gasteiger partial charge on any atom is 0.257 e. The molecule has 6 rings (SSSR count). The van der Waals surface area contributed by atoms with E-state index in [0.29, 0.717) is 24.3 Å². The standard InChI is InChI=1S/C29H26N4O3/c1-35-23-13-11-20(12-14-23)27-24(19-33(31-27)22-7-3-2-4-8-22)29(34)32-17-15-21(16-18-32)28-30-25-9-5-6-10-26(25)36-28/h2-14,19,21H,15-18H2,1H3. The van der Waals surface area contributed by atoms with Gasteiger partial charge in [0.25, 0.3) is 5.91 Å². The van der Waals surface area contributed by atoms with Crippen LogP contribution < -0.4 is 4.74 Å². The number of benzene rings is 3. The molecule has 7 heteroatoms. The molecule has 0 saturated carbocycles. The number of likely N-dealkylation sites (tertiary alicyclic amines) is 1. The molecular formula is C29H26N4O3. The van der Waals surface area contributed by atoms with Crippen molar-refractivity contribution in [3.05, 3.63) is 96.5 Å². The maximum absolute atomic E-state index is 13.8. The Bertz CT molecular complexity index is 1460. The fourth-order valence-corrected chi connectivity index (χ4v) is 4.77. The molecule has 1 amide bonds. The van der Waals surface area contributed by atoms with Crippen LogP contribution in [0.15, 0.2) is 89.5 Å². The number of nitrogens with zero attached hydrogens (tertiary/aromatic N) is 4. The van der Waals surface area contributed by atoms with E-state index < -0.39 is 0 Å². The van der Waals surface area contributed by atoms with E-state index in [1.54, 1.807) is 11.8 Å². The minimum Gasteiger partial charge on any atom is -0.497 e. The van der Waals surface area contributed by atoms with Crippen LogP contribution in [0.2, 0.25) is 0 Å². The predicted molar refractivity (Wildman–Crippen MR) is 137 cm³/mol. The third-order valence-corrected chi connectivity index (χ3v) is 6.77. The van der Waals surface area contributed by atoms with Crippen molar-refractivity contribution in [3.8, 4) is 22.7 Å². The molecule has 3 aromatic carbocycles. The van der Waals surface area contributed by atoms with Crippen LogP contribution in [0.5, 0.6) is 5.75 Å². The van der Waals surface area contributed by atoms with Crippen LogP contribution in [0.4, 0.5) is 0 Å². The Hall–Kier alpha value is -4.39. The molecule has 0 bridgehead atoms. The number of amides is 1. The Morgan fingerprint density at radius 3 is 2.39 bits per heavy atom. The molecule has 3 heterocycles. The highest BCUT2D eigenvalue weighted by molar-refractivity contribution is 6.00. The monoisotopic (exact) mass is 478 g/mol. The van der Waals surface area contributed by atoms with Gasteiger partial charge in [-0.15, -0.1) is 0 Å². The topological polar surface area (TPSA) is 73.4 Å². The van der Waals surface area contributed by atoms with Crippen LogP contribution in [-0.2, 0) is 0 Å². The predicted octanol–water partition coefficient (Wildman–Crippen LogP) is 5.71. The highest BCUT2D eigenvalue weighted by Crippen LogP contribution is 2.32. The van der Waals surface area contributed by atoms with Crippen molar-refractivity contribution in [1.82, 2.24) is 19.7 Å². The summed E-state index contributed by atoms with van der Waals surface area (Å²) in [6.07, 6.45) is 3.45. The minimum atomic E-state index is -0.0148. The SMILES string of the molecule is COc1ccc(-c2nn(-c3ccccc3)cc2C(=O)N2CCC(c3nc4ccccc4o3)CC2)cc1. The zero-order chi connectivity index (χ0) is 24.5. The molecule has 0 radical (unpaired) electrons. The molecule has 0 N–H and O–H groups in total. The lowest BCUT2D eigenvalue weighted by Gasteiger charge is -2.30.